The number of amides is 1. The van der Waals surface area contributed by atoms with E-state index in [0.29, 0.717) is 0 Å². The van der Waals surface area contributed by atoms with Crippen LogP contribution in [-0.2, 0) is 21.1 Å². The number of para-hydroxylation sites is 1. The maximum atomic E-state index is 12.6. The molecular formula is C17H16ClNO3S. The van der Waals surface area contributed by atoms with E-state index >= 15 is 0 Å². The van der Waals surface area contributed by atoms with Crippen molar-refractivity contribution < 1.29 is 13.2 Å². The van der Waals surface area contributed by atoms with Crippen LogP contribution in [0.5, 0.6) is 0 Å². The number of carbonyl (C=O) groups excluding carboxylic acids is 1. The van der Waals surface area contributed by atoms with Crippen molar-refractivity contribution in [2.45, 2.75) is 24.3 Å². The molecule has 4 nitrogen and oxygen atoms in total. The van der Waals surface area contributed by atoms with Gasteiger partial charge in [0.2, 0.25) is 5.91 Å². The van der Waals surface area contributed by atoms with Gasteiger partial charge in [0.25, 0.3) is 0 Å². The van der Waals surface area contributed by atoms with E-state index in [1.807, 2.05) is 31.2 Å². The lowest BCUT2D eigenvalue weighted by molar-refractivity contribution is -0.116. The number of fused-ring (bicyclic) bond motifs is 1. The molecule has 1 heterocycles. The average Bonchev–Trinajstić information content (AvgIpc) is 2.82. The van der Waals surface area contributed by atoms with Crippen LogP contribution in [0.2, 0.25) is 5.02 Å². The Kier molecular flexibility index (Phi) is 4.17. The molecule has 23 heavy (non-hydrogen) atoms. The lowest BCUT2D eigenvalue weighted by Gasteiger charge is -2.22. The second-order valence-corrected chi connectivity index (χ2v) is 8.00. The van der Waals surface area contributed by atoms with Gasteiger partial charge in [-0.2, -0.15) is 0 Å². The molecule has 1 amide bonds. The Bertz CT molecular complexity index is 864. The smallest absolute Gasteiger partial charge is 0.242 e. The normalized spacial score (nSPS) is 17.1. The molecule has 0 spiro atoms. The Hall–Kier alpha value is -1.85. The van der Waals surface area contributed by atoms with Gasteiger partial charge in [-0.15, -0.1) is 0 Å². The summed E-state index contributed by atoms with van der Waals surface area (Å²) in [5, 5.41) is 0.134. The van der Waals surface area contributed by atoms with Crippen LogP contribution >= 0.6 is 11.6 Å². The molecule has 0 N–H and O–H groups in total. The fraction of sp³-hybridized carbons (Fsp3) is 0.235. The molecule has 0 unspecified atom stereocenters. The lowest BCUT2D eigenvalue weighted by Crippen LogP contribution is -2.39. The van der Waals surface area contributed by atoms with Crippen LogP contribution in [0, 0.1) is 0 Å². The Morgan fingerprint density at radius 2 is 1.83 bits per heavy atom. The molecule has 0 bridgehead atoms. The Morgan fingerprint density at radius 3 is 2.57 bits per heavy atom. The van der Waals surface area contributed by atoms with E-state index in [-0.39, 0.29) is 16.0 Å². The third-order valence-corrected chi connectivity index (χ3v) is 6.06. The first-order chi connectivity index (χ1) is 10.9. The molecule has 0 aliphatic carbocycles. The molecule has 0 saturated heterocycles. The summed E-state index contributed by atoms with van der Waals surface area (Å²) >= 11 is 5.96. The molecule has 0 aromatic heterocycles. The van der Waals surface area contributed by atoms with Crippen LogP contribution < -0.4 is 4.90 Å². The standard InChI is InChI=1S/C17H16ClNO3S/c1-12-10-13-6-2-4-8-15(13)19(12)17(20)11-23(21,22)16-9-5-3-7-14(16)18/h2-9,12H,10-11H2,1H3/t12-/m0/s1. The van der Waals surface area contributed by atoms with Crippen molar-refractivity contribution in [2.75, 3.05) is 10.7 Å². The van der Waals surface area contributed by atoms with Crippen molar-refractivity contribution in [2.24, 2.45) is 0 Å². The van der Waals surface area contributed by atoms with Crippen LogP contribution in [0.15, 0.2) is 53.4 Å². The highest BCUT2D eigenvalue weighted by Gasteiger charge is 2.33. The highest BCUT2D eigenvalue weighted by molar-refractivity contribution is 7.92. The summed E-state index contributed by atoms with van der Waals surface area (Å²) in [6, 6.07) is 13.7. The minimum Gasteiger partial charge on any atom is -0.308 e. The molecule has 1 aliphatic heterocycles. The number of benzene rings is 2. The summed E-state index contributed by atoms with van der Waals surface area (Å²) < 4.78 is 25.0. The molecule has 0 fully saturated rings. The Balaban J connectivity index is 1.89. The summed E-state index contributed by atoms with van der Waals surface area (Å²) in [6.45, 7) is 1.92. The fourth-order valence-electron chi connectivity index (χ4n) is 2.95. The minimum atomic E-state index is -3.78. The summed E-state index contributed by atoms with van der Waals surface area (Å²) in [7, 11) is -3.78. The predicted octanol–water partition coefficient (Wildman–Crippen LogP) is 3.09. The van der Waals surface area contributed by atoms with Crippen molar-refractivity contribution in [3.05, 3.63) is 59.1 Å². The average molecular weight is 350 g/mol. The van der Waals surface area contributed by atoms with Crippen molar-refractivity contribution in [3.63, 3.8) is 0 Å². The van der Waals surface area contributed by atoms with Crippen molar-refractivity contribution >= 4 is 33.0 Å². The number of sulfone groups is 1. The monoisotopic (exact) mass is 349 g/mol. The van der Waals surface area contributed by atoms with E-state index in [1.54, 1.807) is 17.0 Å². The van der Waals surface area contributed by atoms with E-state index in [2.05, 4.69) is 0 Å². The summed E-state index contributed by atoms with van der Waals surface area (Å²) in [5.74, 6) is -1.02. The number of nitrogens with zero attached hydrogens (tertiary/aromatic N) is 1. The maximum absolute atomic E-state index is 12.6. The van der Waals surface area contributed by atoms with Gasteiger partial charge in [-0.1, -0.05) is 41.9 Å². The molecule has 0 saturated carbocycles. The highest BCUT2D eigenvalue weighted by Crippen LogP contribution is 2.32. The zero-order valence-electron chi connectivity index (χ0n) is 12.6. The van der Waals surface area contributed by atoms with Crippen LogP contribution in [0.1, 0.15) is 12.5 Å². The van der Waals surface area contributed by atoms with Gasteiger partial charge in [-0.05, 0) is 37.1 Å². The van der Waals surface area contributed by atoms with E-state index in [9.17, 15) is 13.2 Å². The third kappa shape index (κ3) is 2.99. The van der Waals surface area contributed by atoms with Gasteiger partial charge in [-0.25, -0.2) is 8.42 Å². The SMILES string of the molecule is C[C@H]1Cc2ccccc2N1C(=O)CS(=O)(=O)c1ccccc1Cl. The largest absolute Gasteiger partial charge is 0.308 e. The van der Waals surface area contributed by atoms with E-state index in [4.69, 9.17) is 11.6 Å². The lowest BCUT2D eigenvalue weighted by atomic mass is 10.1. The number of rotatable bonds is 3. The number of carbonyl (C=O) groups is 1. The van der Waals surface area contributed by atoms with E-state index in [0.717, 1.165) is 17.7 Å². The highest BCUT2D eigenvalue weighted by atomic mass is 35.5. The van der Waals surface area contributed by atoms with Crippen LogP contribution in [0.3, 0.4) is 0 Å². The zero-order valence-corrected chi connectivity index (χ0v) is 14.1. The van der Waals surface area contributed by atoms with Crippen LogP contribution in [0.25, 0.3) is 0 Å². The second kappa shape index (κ2) is 5.98. The summed E-state index contributed by atoms with van der Waals surface area (Å²) in [6.07, 6.45) is 0.730. The van der Waals surface area contributed by atoms with Crippen molar-refractivity contribution in [1.29, 1.82) is 0 Å². The van der Waals surface area contributed by atoms with Gasteiger partial charge in [0.05, 0.1) is 9.92 Å². The number of halogens is 1. The first kappa shape index (κ1) is 16.0. The van der Waals surface area contributed by atoms with E-state index in [1.165, 1.54) is 12.1 Å². The van der Waals surface area contributed by atoms with Crippen molar-refractivity contribution in [3.8, 4) is 0 Å². The molecule has 1 aliphatic rings. The van der Waals surface area contributed by atoms with Gasteiger partial charge in [0.15, 0.2) is 9.84 Å². The fourth-order valence-corrected chi connectivity index (χ4v) is 4.71. The van der Waals surface area contributed by atoms with Gasteiger partial charge in [0, 0.05) is 11.7 Å². The molecule has 6 heteroatoms. The Labute approximate surface area is 140 Å². The quantitative estimate of drug-likeness (QED) is 0.855. The third-order valence-electron chi connectivity index (χ3n) is 3.96. The van der Waals surface area contributed by atoms with Gasteiger partial charge < -0.3 is 4.90 Å². The number of hydrogen-bond acceptors (Lipinski definition) is 3. The van der Waals surface area contributed by atoms with Gasteiger partial charge >= 0.3 is 0 Å². The second-order valence-electron chi connectivity index (χ2n) is 5.64. The Morgan fingerprint density at radius 1 is 1.17 bits per heavy atom. The zero-order chi connectivity index (χ0) is 16.6. The topological polar surface area (TPSA) is 54.5 Å². The predicted molar refractivity (Wildman–Crippen MR) is 90.6 cm³/mol. The van der Waals surface area contributed by atoms with Gasteiger partial charge in [0.1, 0.15) is 5.75 Å². The molecule has 0 radical (unpaired) electrons. The summed E-state index contributed by atoms with van der Waals surface area (Å²) in [4.78, 5) is 14.2. The maximum Gasteiger partial charge on any atom is 0.242 e. The van der Waals surface area contributed by atoms with Crippen LogP contribution in [-0.4, -0.2) is 26.1 Å². The van der Waals surface area contributed by atoms with Gasteiger partial charge in [-0.3, -0.25) is 4.79 Å². The van der Waals surface area contributed by atoms with Crippen LogP contribution in [0.4, 0.5) is 5.69 Å². The first-order valence-electron chi connectivity index (χ1n) is 7.27. The number of anilines is 1. The molecule has 1 atom stereocenters. The number of hydrogen-bond donors (Lipinski definition) is 0. The van der Waals surface area contributed by atoms with E-state index < -0.39 is 21.5 Å². The molecule has 2 aromatic carbocycles. The van der Waals surface area contributed by atoms with Crippen molar-refractivity contribution in [1.82, 2.24) is 0 Å². The summed E-state index contributed by atoms with van der Waals surface area (Å²) in [5.41, 5.74) is 1.85. The first-order valence-corrected chi connectivity index (χ1v) is 9.30. The minimum absolute atomic E-state index is 0.00449. The molecular weight excluding hydrogens is 334 g/mol. The molecule has 3 rings (SSSR count). The molecule has 2 aromatic rings. The molecule has 120 valence electrons.